The lowest BCUT2D eigenvalue weighted by molar-refractivity contribution is -0.274. The summed E-state index contributed by atoms with van der Waals surface area (Å²) in [6.45, 7) is 5.34. The number of rotatable bonds is 8. The number of anilines is 1. The number of ether oxygens (including phenoxy) is 2. The molecular formula is C35H32F3N7O3S. The molecule has 0 saturated carbocycles. The highest BCUT2D eigenvalue weighted by atomic mass is 32.1. The molecular weight excluding hydrogens is 655 g/mol. The van der Waals surface area contributed by atoms with Gasteiger partial charge in [-0.05, 0) is 47.5 Å². The van der Waals surface area contributed by atoms with Crippen LogP contribution in [0.25, 0.3) is 32.2 Å². The van der Waals surface area contributed by atoms with Crippen molar-refractivity contribution >= 4 is 44.1 Å². The van der Waals surface area contributed by atoms with Gasteiger partial charge in [-0.3, -0.25) is 0 Å². The number of aryl methyl sites for hydroxylation is 1. The summed E-state index contributed by atoms with van der Waals surface area (Å²) in [7, 11) is 1.63. The summed E-state index contributed by atoms with van der Waals surface area (Å²) in [5.41, 5.74) is 2.23. The van der Waals surface area contributed by atoms with E-state index in [0.29, 0.717) is 55.9 Å². The Morgan fingerprint density at radius 1 is 0.980 bits per heavy atom. The molecule has 10 nitrogen and oxygen atoms in total. The summed E-state index contributed by atoms with van der Waals surface area (Å²) in [6.07, 6.45) is -3.14. The van der Waals surface area contributed by atoms with Gasteiger partial charge in [-0.2, -0.15) is 0 Å². The van der Waals surface area contributed by atoms with Crippen molar-refractivity contribution in [2.24, 2.45) is 4.99 Å². The molecule has 0 radical (unpaired) electrons. The highest BCUT2D eigenvalue weighted by Gasteiger charge is 2.31. The van der Waals surface area contributed by atoms with Crippen LogP contribution in [0.2, 0.25) is 0 Å². The first kappa shape index (κ1) is 32.2. The van der Waals surface area contributed by atoms with Gasteiger partial charge in [0, 0.05) is 37.1 Å². The van der Waals surface area contributed by atoms with Crippen LogP contribution in [0, 0.1) is 6.92 Å². The molecule has 1 aliphatic rings. The van der Waals surface area contributed by atoms with Crippen molar-refractivity contribution in [3.63, 3.8) is 0 Å². The first-order valence-corrected chi connectivity index (χ1v) is 16.4. The average Bonchev–Trinajstić information content (AvgIpc) is 3.73. The Balaban J connectivity index is 1.10. The highest BCUT2D eigenvalue weighted by Crippen LogP contribution is 2.37. The molecule has 3 aromatic heterocycles. The zero-order valence-electron chi connectivity index (χ0n) is 26.7. The molecule has 252 valence electrons. The predicted octanol–water partition coefficient (Wildman–Crippen LogP) is 7.18. The summed E-state index contributed by atoms with van der Waals surface area (Å²) in [5, 5.41) is 10.9. The number of halogens is 3. The minimum Gasteiger partial charge on any atom is -0.496 e. The first-order chi connectivity index (χ1) is 23.7. The van der Waals surface area contributed by atoms with Crippen molar-refractivity contribution in [1.29, 1.82) is 0 Å². The normalized spacial score (nSPS) is 14.1. The number of hydrogen-bond acceptors (Lipinski definition) is 9. The fraction of sp³-hybridized carbons (Fsp3) is 0.257. The molecule has 0 spiro atoms. The number of methoxy groups -OCH3 is 1. The summed E-state index contributed by atoms with van der Waals surface area (Å²) < 4.78 is 53.4. The summed E-state index contributed by atoms with van der Waals surface area (Å²) in [4.78, 5) is 20.5. The van der Waals surface area contributed by atoms with Crippen LogP contribution < -0.4 is 19.7 Å². The lowest BCUT2D eigenvalue weighted by Gasteiger charge is -2.37. The number of nitrogens with one attached hydrogen (secondary N) is 1. The van der Waals surface area contributed by atoms with Crippen LogP contribution in [-0.4, -0.2) is 65.6 Å². The van der Waals surface area contributed by atoms with Gasteiger partial charge in [-0.1, -0.05) is 47.6 Å². The minimum atomic E-state index is -4.75. The number of aliphatic imine (C=N–C) groups is 1. The van der Waals surface area contributed by atoms with Gasteiger partial charge >= 0.3 is 6.36 Å². The van der Waals surface area contributed by atoms with Gasteiger partial charge in [-0.15, -0.1) is 24.5 Å². The summed E-state index contributed by atoms with van der Waals surface area (Å²) >= 11 is 1.65. The van der Waals surface area contributed by atoms with E-state index in [-0.39, 0.29) is 12.3 Å². The molecule has 0 bridgehead atoms. The number of nitrogens with zero attached hydrogens (tertiary/aromatic N) is 6. The molecule has 3 aromatic carbocycles. The number of benzene rings is 3. The van der Waals surface area contributed by atoms with Gasteiger partial charge in [0.05, 0.1) is 31.1 Å². The van der Waals surface area contributed by atoms with Crippen molar-refractivity contribution in [3.05, 3.63) is 95.3 Å². The number of guanidine groups is 1. The van der Waals surface area contributed by atoms with E-state index in [9.17, 15) is 13.2 Å². The van der Waals surface area contributed by atoms with Crippen LogP contribution in [0.5, 0.6) is 11.5 Å². The van der Waals surface area contributed by atoms with Gasteiger partial charge in [-0.25, -0.2) is 15.0 Å². The number of thiophene rings is 1. The Bertz CT molecular complexity index is 2110. The molecule has 1 aliphatic heterocycles. The molecule has 4 heterocycles. The predicted molar refractivity (Wildman–Crippen MR) is 183 cm³/mol. The molecule has 14 heteroatoms. The highest BCUT2D eigenvalue weighted by molar-refractivity contribution is 7.18. The zero-order chi connectivity index (χ0) is 34.0. The standard InChI is InChI=1S/C35H32F3N7O3S/c1-22-17-28-32(41-21-42-33(28)49-22)44-13-15-45(16-14-44)34(39-19-23-7-10-25(11-8-23)47-35(36,37)38)40-20-26-18-29(43-48-26)31-27-6-4-3-5-24(27)9-12-30(31)46-2/h3-12,17-18,21H,13-16,19-20H2,1-2H3,(H,39,40). The topological polar surface area (TPSA) is 101 Å². The van der Waals surface area contributed by atoms with E-state index < -0.39 is 6.36 Å². The van der Waals surface area contributed by atoms with Gasteiger partial charge in [0.15, 0.2) is 11.7 Å². The van der Waals surface area contributed by atoms with E-state index in [2.05, 4.69) is 48.0 Å². The van der Waals surface area contributed by atoms with Gasteiger partial charge in [0.1, 0.15) is 34.2 Å². The fourth-order valence-electron chi connectivity index (χ4n) is 5.94. The number of alkyl halides is 3. The van der Waals surface area contributed by atoms with E-state index in [1.165, 1.54) is 17.0 Å². The SMILES string of the molecule is COc1ccc2ccccc2c1-c1cc(CNC(=NCc2ccc(OC(F)(F)F)cc2)N2CCN(c3ncnc4sc(C)cc34)CC2)on1. The maximum atomic E-state index is 12.7. The quantitative estimate of drug-likeness (QED) is 0.132. The maximum Gasteiger partial charge on any atom is 0.573 e. The molecule has 6 aromatic rings. The largest absolute Gasteiger partial charge is 0.573 e. The van der Waals surface area contributed by atoms with E-state index in [0.717, 1.165) is 37.9 Å². The number of aromatic nitrogens is 3. The third-order valence-corrected chi connectivity index (χ3v) is 9.18. The third-order valence-electron chi connectivity index (χ3n) is 8.23. The second-order valence-electron chi connectivity index (χ2n) is 11.5. The monoisotopic (exact) mass is 687 g/mol. The fourth-order valence-corrected chi connectivity index (χ4v) is 6.78. The molecule has 7 rings (SSSR count). The van der Waals surface area contributed by atoms with E-state index in [1.54, 1.807) is 36.9 Å². The second kappa shape index (κ2) is 13.6. The van der Waals surface area contributed by atoms with Crippen molar-refractivity contribution < 1.29 is 27.2 Å². The Morgan fingerprint density at radius 2 is 1.78 bits per heavy atom. The van der Waals surface area contributed by atoms with Crippen molar-refractivity contribution in [1.82, 2.24) is 25.3 Å². The molecule has 0 unspecified atom stereocenters. The Hall–Kier alpha value is -5.37. The molecule has 1 N–H and O–H groups in total. The number of hydrogen-bond donors (Lipinski definition) is 1. The van der Waals surface area contributed by atoms with Gasteiger partial charge in [0.2, 0.25) is 0 Å². The molecule has 1 fully saturated rings. The van der Waals surface area contributed by atoms with E-state index in [4.69, 9.17) is 14.3 Å². The molecule has 49 heavy (non-hydrogen) atoms. The van der Waals surface area contributed by atoms with Crippen LogP contribution in [-0.2, 0) is 13.1 Å². The lowest BCUT2D eigenvalue weighted by atomic mass is 10.0. The van der Waals surface area contributed by atoms with Crippen LogP contribution in [0.3, 0.4) is 0 Å². The van der Waals surface area contributed by atoms with Crippen molar-refractivity contribution in [2.45, 2.75) is 26.4 Å². The molecule has 0 atom stereocenters. The zero-order valence-corrected chi connectivity index (χ0v) is 27.5. The summed E-state index contributed by atoms with van der Waals surface area (Å²) in [5.74, 6) is 2.56. The first-order valence-electron chi connectivity index (χ1n) is 15.6. The lowest BCUT2D eigenvalue weighted by Crippen LogP contribution is -2.52. The van der Waals surface area contributed by atoms with Crippen molar-refractivity contribution in [3.8, 4) is 22.8 Å². The van der Waals surface area contributed by atoms with Crippen LogP contribution in [0.15, 0.2) is 88.6 Å². The van der Waals surface area contributed by atoms with Gasteiger partial charge < -0.3 is 29.1 Å². The Labute approximate surface area is 283 Å². The van der Waals surface area contributed by atoms with Crippen LogP contribution >= 0.6 is 11.3 Å². The number of fused-ring (bicyclic) bond motifs is 2. The second-order valence-corrected chi connectivity index (χ2v) is 12.7. The van der Waals surface area contributed by atoms with Crippen LogP contribution in [0.1, 0.15) is 16.2 Å². The third kappa shape index (κ3) is 7.23. The Morgan fingerprint density at radius 3 is 2.55 bits per heavy atom. The molecule has 1 saturated heterocycles. The van der Waals surface area contributed by atoms with E-state index in [1.807, 2.05) is 42.5 Å². The van der Waals surface area contributed by atoms with Crippen LogP contribution in [0.4, 0.5) is 19.0 Å². The average molecular weight is 688 g/mol. The van der Waals surface area contributed by atoms with Gasteiger partial charge in [0.25, 0.3) is 0 Å². The molecule has 0 amide bonds. The van der Waals surface area contributed by atoms with E-state index >= 15 is 0 Å². The van der Waals surface area contributed by atoms with Crippen molar-refractivity contribution in [2.75, 3.05) is 38.2 Å². The summed E-state index contributed by atoms with van der Waals surface area (Å²) in [6, 6.07) is 21.7. The Kier molecular flexibility index (Phi) is 8.95. The number of piperazine rings is 1. The maximum absolute atomic E-state index is 12.7. The molecule has 0 aliphatic carbocycles. The minimum absolute atomic E-state index is 0.240. The smallest absolute Gasteiger partial charge is 0.496 e.